The second-order valence-corrected chi connectivity index (χ2v) is 7.23. The lowest BCUT2D eigenvalue weighted by Crippen LogP contribution is -2.32. The number of esters is 1. The molecule has 27 heavy (non-hydrogen) atoms. The average molecular weight is 391 g/mol. The molecule has 1 aliphatic heterocycles. The summed E-state index contributed by atoms with van der Waals surface area (Å²) in [6.07, 6.45) is 2.20. The number of thioether (sulfide) groups is 1. The topological polar surface area (TPSA) is 82.4 Å². The van der Waals surface area contributed by atoms with Gasteiger partial charge < -0.3 is 19.4 Å². The molecular weight excluding hydrogens is 366 g/mol. The number of ether oxygens (including phenoxy) is 2. The minimum atomic E-state index is -0.354. The first-order valence-corrected chi connectivity index (χ1v) is 10.3. The summed E-state index contributed by atoms with van der Waals surface area (Å²) in [5.74, 6) is -0.0913. The number of hydrogen-bond acceptors (Lipinski definition) is 6. The second kappa shape index (κ2) is 9.23. The molecular formula is C19H25N3O4S. The van der Waals surface area contributed by atoms with E-state index in [2.05, 4.69) is 10.3 Å². The van der Waals surface area contributed by atoms with Crippen molar-refractivity contribution in [1.82, 2.24) is 14.9 Å². The summed E-state index contributed by atoms with van der Waals surface area (Å²) in [6.45, 7) is 6.22. The number of fused-ring (bicyclic) bond motifs is 1. The number of aromatic nitrogens is 2. The van der Waals surface area contributed by atoms with Gasteiger partial charge in [0.05, 0.1) is 35.1 Å². The SMILES string of the molecule is CCOC(=O)c1ccc2c(c1)nc(SCC(=O)NC[C@H]1CCCO1)n2CC. The highest BCUT2D eigenvalue weighted by Crippen LogP contribution is 2.25. The minimum Gasteiger partial charge on any atom is -0.462 e. The Bertz CT molecular complexity index is 815. The molecule has 0 unspecified atom stereocenters. The van der Waals surface area contributed by atoms with Crippen molar-refractivity contribution in [2.75, 3.05) is 25.5 Å². The van der Waals surface area contributed by atoms with Gasteiger partial charge in [-0.05, 0) is 44.9 Å². The van der Waals surface area contributed by atoms with Gasteiger partial charge in [-0.15, -0.1) is 0 Å². The molecule has 8 heteroatoms. The number of hydrogen-bond donors (Lipinski definition) is 1. The molecule has 146 valence electrons. The van der Waals surface area contributed by atoms with Crippen LogP contribution in [-0.2, 0) is 20.8 Å². The van der Waals surface area contributed by atoms with Gasteiger partial charge in [-0.1, -0.05) is 11.8 Å². The largest absolute Gasteiger partial charge is 0.462 e. The zero-order chi connectivity index (χ0) is 19.2. The van der Waals surface area contributed by atoms with E-state index in [9.17, 15) is 9.59 Å². The van der Waals surface area contributed by atoms with Gasteiger partial charge in [0, 0.05) is 19.7 Å². The second-order valence-electron chi connectivity index (χ2n) is 6.29. The van der Waals surface area contributed by atoms with Crippen LogP contribution >= 0.6 is 11.8 Å². The molecule has 1 aromatic heterocycles. The smallest absolute Gasteiger partial charge is 0.338 e. The van der Waals surface area contributed by atoms with Crippen molar-refractivity contribution in [1.29, 1.82) is 0 Å². The maximum atomic E-state index is 12.1. The molecule has 3 rings (SSSR count). The number of rotatable bonds is 8. The van der Waals surface area contributed by atoms with Crippen LogP contribution in [0.2, 0.25) is 0 Å². The third-order valence-electron chi connectivity index (χ3n) is 4.42. The summed E-state index contributed by atoms with van der Waals surface area (Å²) in [7, 11) is 0. The van der Waals surface area contributed by atoms with Crippen LogP contribution < -0.4 is 5.32 Å². The first kappa shape index (κ1) is 19.7. The van der Waals surface area contributed by atoms with Gasteiger partial charge in [-0.25, -0.2) is 9.78 Å². The van der Waals surface area contributed by atoms with Crippen LogP contribution in [0.25, 0.3) is 11.0 Å². The van der Waals surface area contributed by atoms with E-state index in [1.807, 2.05) is 17.6 Å². The van der Waals surface area contributed by atoms with Crippen LogP contribution in [0.4, 0.5) is 0 Å². The molecule has 2 aromatic rings. The molecule has 1 fully saturated rings. The fourth-order valence-corrected chi connectivity index (χ4v) is 3.99. The fraction of sp³-hybridized carbons (Fsp3) is 0.526. The number of carbonyl (C=O) groups is 2. The molecule has 1 aliphatic rings. The number of aryl methyl sites for hydroxylation is 1. The summed E-state index contributed by atoms with van der Waals surface area (Å²) in [6, 6.07) is 5.36. The molecule has 1 aromatic carbocycles. The van der Waals surface area contributed by atoms with E-state index in [0.29, 0.717) is 24.5 Å². The van der Waals surface area contributed by atoms with Gasteiger partial charge in [0.1, 0.15) is 0 Å². The molecule has 0 bridgehead atoms. The van der Waals surface area contributed by atoms with E-state index in [4.69, 9.17) is 9.47 Å². The predicted molar refractivity (Wildman–Crippen MR) is 104 cm³/mol. The van der Waals surface area contributed by atoms with Crippen molar-refractivity contribution in [2.45, 2.75) is 44.5 Å². The van der Waals surface area contributed by atoms with Gasteiger partial charge in [0.25, 0.3) is 0 Å². The van der Waals surface area contributed by atoms with Crippen LogP contribution in [0.5, 0.6) is 0 Å². The molecule has 7 nitrogen and oxygen atoms in total. The van der Waals surface area contributed by atoms with Crippen molar-refractivity contribution in [2.24, 2.45) is 0 Å². The zero-order valence-electron chi connectivity index (χ0n) is 15.7. The van der Waals surface area contributed by atoms with Gasteiger partial charge in [-0.2, -0.15) is 0 Å². The van der Waals surface area contributed by atoms with Gasteiger partial charge in [0.2, 0.25) is 5.91 Å². The Labute approximate surface area is 162 Å². The molecule has 1 atom stereocenters. The summed E-state index contributed by atoms with van der Waals surface area (Å²) in [5.41, 5.74) is 2.15. The summed E-state index contributed by atoms with van der Waals surface area (Å²) in [5, 5.41) is 3.69. The Morgan fingerprint density at radius 3 is 2.96 bits per heavy atom. The fourth-order valence-electron chi connectivity index (χ4n) is 3.08. The number of imidazole rings is 1. The van der Waals surface area contributed by atoms with Crippen LogP contribution in [-0.4, -0.2) is 53.0 Å². The molecule has 0 saturated carbocycles. The molecule has 0 spiro atoms. The summed E-state index contributed by atoms with van der Waals surface area (Å²) >= 11 is 1.40. The lowest BCUT2D eigenvalue weighted by molar-refractivity contribution is -0.119. The average Bonchev–Trinajstić information content (AvgIpc) is 3.31. The molecule has 0 aliphatic carbocycles. The number of nitrogens with one attached hydrogen (secondary N) is 1. The summed E-state index contributed by atoms with van der Waals surface area (Å²) < 4.78 is 12.6. The van der Waals surface area contributed by atoms with Crippen molar-refractivity contribution in [3.8, 4) is 0 Å². The predicted octanol–water partition coefficient (Wildman–Crippen LogP) is 2.62. The highest BCUT2D eigenvalue weighted by molar-refractivity contribution is 7.99. The van der Waals surface area contributed by atoms with Crippen LogP contribution in [0.15, 0.2) is 23.4 Å². The number of nitrogens with zero attached hydrogens (tertiary/aromatic N) is 2. The van der Waals surface area contributed by atoms with Crippen molar-refractivity contribution in [3.63, 3.8) is 0 Å². The van der Waals surface area contributed by atoms with Crippen LogP contribution in [0.1, 0.15) is 37.0 Å². The Kier molecular flexibility index (Phi) is 6.73. The Morgan fingerprint density at radius 2 is 2.26 bits per heavy atom. The van der Waals surface area contributed by atoms with Crippen molar-refractivity contribution in [3.05, 3.63) is 23.8 Å². The third kappa shape index (κ3) is 4.81. The van der Waals surface area contributed by atoms with Gasteiger partial charge >= 0.3 is 5.97 Å². The highest BCUT2D eigenvalue weighted by atomic mass is 32.2. The van der Waals surface area contributed by atoms with Gasteiger partial charge in [0.15, 0.2) is 5.16 Å². The van der Waals surface area contributed by atoms with Crippen molar-refractivity contribution >= 4 is 34.7 Å². The maximum absolute atomic E-state index is 12.1. The van der Waals surface area contributed by atoms with Gasteiger partial charge in [-0.3, -0.25) is 4.79 Å². The van der Waals surface area contributed by atoms with Crippen LogP contribution in [0.3, 0.4) is 0 Å². The van der Waals surface area contributed by atoms with E-state index < -0.39 is 0 Å². The number of benzene rings is 1. The Morgan fingerprint density at radius 1 is 1.41 bits per heavy atom. The van der Waals surface area contributed by atoms with E-state index in [0.717, 1.165) is 42.2 Å². The first-order valence-electron chi connectivity index (χ1n) is 9.30. The highest BCUT2D eigenvalue weighted by Gasteiger charge is 2.17. The Hall–Kier alpha value is -2.06. The number of carbonyl (C=O) groups excluding carboxylic acids is 2. The molecule has 1 amide bonds. The normalized spacial score (nSPS) is 16.6. The molecule has 0 radical (unpaired) electrons. The maximum Gasteiger partial charge on any atom is 0.338 e. The van der Waals surface area contributed by atoms with E-state index >= 15 is 0 Å². The molecule has 1 N–H and O–H groups in total. The molecule has 1 saturated heterocycles. The van der Waals surface area contributed by atoms with E-state index in [1.165, 1.54) is 11.8 Å². The number of amides is 1. The summed E-state index contributed by atoms with van der Waals surface area (Å²) in [4.78, 5) is 28.6. The van der Waals surface area contributed by atoms with E-state index in [-0.39, 0.29) is 18.0 Å². The quantitative estimate of drug-likeness (QED) is 0.550. The monoisotopic (exact) mass is 391 g/mol. The Balaban J connectivity index is 1.66. The first-order chi connectivity index (χ1) is 13.1. The lowest BCUT2D eigenvalue weighted by atomic mass is 10.2. The standard InChI is InChI=1S/C19H25N3O4S/c1-3-22-16-8-7-13(18(24)25-4-2)10-15(16)21-19(22)27-12-17(23)20-11-14-6-5-9-26-14/h7-8,10,14H,3-6,9,11-12H2,1-2H3,(H,20,23)/t14-/m1/s1. The molecule has 2 heterocycles. The minimum absolute atomic E-state index is 0.0302. The van der Waals surface area contributed by atoms with E-state index in [1.54, 1.807) is 19.1 Å². The van der Waals surface area contributed by atoms with Crippen LogP contribution in [0, 0.1) is 0 Å². The zero-order valence-corrected chi connectivity index (χ0v) is 16.5. The lowest BCUT2D eigenvalue weighted by Gasteiger charge is -2.10. The van der Waals surface area contributed by atoms with Crippen molar-refractivity contribution < 1.29 is 19.1 Å². The third-order valence-corrected chi connectivity index (χ3v) is 5.40.